The molecule has 2 aromatic rings. The maximum absolute atomic E-state index is 6.41. The van der Waals surface area contributed by atoms with E-state index in [9.17, 15) is 0 Å². The van der Waals surface area contributed by atoms with Crippen molar-refractivity contribution in [1.82, 2.24) is 9.55 Å². The third-order valence-electron chi connectivity index (χ3n) is 3.47. The largest absolute Gasteiger partial charge is 0.300 e. The Hall–Kier alpha value is -2.06. The van der Waals surface area contributed by atoms with Crippen LogP contribution >= 0.6 is 11.6 Å². The van der Waals surface area contributed by atoms with Gasteiger partial charge in [0, 0.05) is 28.7 Å². The molecule has 0 aliphatic carbocycles. The van der Waals surface area contributed by atoms with Gasteiger partial charge in [-0.25, -0.2) is 4.98 Å². The first-order valence-corrected chi connectivity index (χ1v) is 8.75. The number of halogens is 1. The van der Waals surface area contributed by atoms with Crippen molar-refractivity contribution in [2.45, 2.75) is 40.5 Å². The smallest absolute Gasteiger partial charge is 0.144 e. The lowest BCUT2D eigenvalue weighted by Crippen LogP contribution is -2.00. The van der Waals surface area contributed by atoms with Crippen LogP contribution in [0.15, 0.2) is 61.5 Å². The fourth-order valence-corrected chi connectivity index (χ4v) is 2.69. The van der Waals surface area contributed by atoms with Gasteiger partial charge in [-0.2, -0.15) is 0 Å². The zero-order chi connectivity index (χ0) is 18.1. The van der Waals surface area contributed by atoms with E-state index in [2.05, 4.69) is 37.5 Å². The highest BCUT2D eigenvalue weighted by molar-refractivity contribution is 6.31. The summed E-state index contributed by atoms with van der Waals surface area (Å²) in [5.74, 6) is 1.25. The van der Waals surface area contributed by atoms with E-state index in [-0.39, 0.29) is 0 Å². The van der Waals surface area contributed by atoms with E-state index < -0.39 is 0 Å². The Kier molecular flexibility index (Phi) is 8.28. The Balaban J connectivity index is 0.00000139. The topological polar surface area (TPSA) is 17.8 Å². The van der Waals surface area contributed by atoms with Crippen LogP contribution in [0.25, 0.3) is 11.3 Å². The minimum Gasteiger partial charge on any atom is -0.300 e. The van der Waals surface area contributed by atoms with E-state index in [4.69, 9.17) is 11.6 Å². The Labute approximate surface area is 151 Å². The minimum absolute atomic E-state index is 0.405. The molecule has 0 aliphatic heterocycles. The number of allylic oxidation sites excluding steroid dienone is 5. The van der Waals surface area contributed by atoms with Crippen molar-refractivity contribution in [2.24, 2.45) is 0 Å². The molecule has 1 aromatic heterocycles. The van der Waals surface area contributed by atoms with Gasteiger partial charge in [0.25, 0.3) is 0 Å². The zero-order valence-electron chi connectivity index (χ0n) is 15.3. The van der Waals surface area contributed by atoms with E-state index in [0.717, 1.165) is 27.7 Å². The number of imidazole rings is 1. The summed E-state index contributed by atoms with van der Waals surface area (Å²) in [4.78, 5) is 4.45. The summed E-state index contributed by atoms with van der Waals surface area (Å²) < 4.78 is 2.02. The second-order valence-electron chi connectivity index (χ2n) is 5.33. The lowest BCUT2D eigenvalue weighted by Gasteiger charge is -2.12. The van der Waals surface area contributed by atoms with Crippen LogP contribution < -0.4 is 0 Å². The van der Waals surface area contributed by atoms with Gasteiger partial charge in [0.1, 0.15) is 5.82 Å². The Morgan fingerprint density at radius 3 is 2.54 bits per heavy atom. The summed E-state index contributed by atoms with van der Waals surface area (Å²) in [6.45, 7) is 14.1. The molecule has 0 saturated heterocycles. The molecular formula is C21H27ClN2. The highest BCUT2D eigenvalue weighted by Gasteiger charge is 2.11. The first kappa shape index (κ1) is 20.0. The second-order valence-corrected chi connectivity index (χ2v) is 5.74. The predicted octanol–water partition coefficient (Wildman–Crippen LogP) is 6.82. The molecule has 0 N–H and O–H groups in total. The standard InChI is InChI=1S/C19H21ClN2.C2H6/c1-5-7-8-15(6-2)19-21-11-12-22(19)16-9-10-17(14(3)4)18(20)13-16;1-2/h5-14H,2H2,1,3-4H3;1-2H3/b7-5-,15-8+;. The number of nitrogens with zero attached hydrogens (tertiary/aromatic N) is 2. The number of benzene rings is 1. The predicted molar refractivity (Wildman–Crippen MR) is 107 cm³/mol. The van der Waals surface area contributed by atoms with Crippen molar-refractivity contribution in [1.29, 1.82) is 0 Å². The van der Waals surface area contributed by atoms with Crippen molar-refractivity contribution in [3.8, 4) is 5.69 Å². The van der Waals surface area contributed by atoms with Crippen LogP contribution in [0, 0.1) is 0 Å². The van der Waals surface area contributed by atoms with E-state index >= 15 is 0 Å². The average Bonchev–Trinajstić information content (AvgIpc) is 3.06. The monoisotopic (exact) mass is 342 g/mol. The van der Waals surface area contributed by atoms with Gasteiger partial charge in [-0.3, -0.25) is 4.57 Å². The third kappa shape index (κ3) is 4.72. The van der Waals surface area contributed by atoms with Crippen LogP contribution in [0.5, 0.6) is 0 Å². The quantitative estimate of drug-likeness (QED) is 0.545. The van der Waals surface area contributed by atoms with Crippen LogP contribution in [0.3, 0.4) is 0 Å². The number of hydrogen-bond donors (Lipinski definition) is 0. The van der Waals surface area contributed by atoms with E-state index in [0.29, 0.717) is 5.92 Å². The summed E-state index contributed by atoms with van der Waals surface area (Å²) in [6, 6.07) is 6.14. The summed E-state index contributed by atoms with van der Waals surface area (Å²) in [7, 11) is 0. The maximum Gasteiger partial charge on any atom is 0.144 e. The van der Waals surface area contributed by atoms with E-state index in [1.165, 1.54) is 0 Å². The van der Waals surface area contributed by atoms with Gasteiger partial charge in [-0.1, -0.05) is 76.2 Å². The van der Waals surface area contributed by atoms with Gasteiger partial charge < -0.3 is 0 Å². The molecule has 0 unspecified atom stereocenters. The Morgan fingerprint density at radius 1 is 1.29 bits per heavy atom. The van der Waals surface area contributed by atoms with Crippen molar-refractivity contribution >= 4 is 17.2 Å². The molecule has 128 valence electrons. The van der Waals surface area contributed by atoms with Crippen LogP contribution in [0.1, 0.15) is 51.9 Å². The van der Waals surface area contributed by atoms with Crippen molar-refractivity contribution < 1.29 is 0 Å². The zero-order valence-corrected chi connectivity index (χ0v) is 16.0. The second kappa shape index (κ2) is 9.94. The lowest BCUT2D eigenvalue weighted by atomic mass is 10.0. The van der Waals surface area contributed by atoms with Crippen LogP contribution in [-0.4, -0.2) is 9.55 Å². The Morgan fingerprint density at radius 2 is 2.00 bits per heavy atom. The number of hydrogen-bond acceptors (Lipinski definition) is 1. The first-order chi connectivity index (χ1) is 11.6. The molecule has 0 amide bonds. The molecular weight excluding hydrogens is 316 g/mol. The average molecular weight is 343 g/mol. The van der Waals surface area contributed by atoms with E-state index in [1.54, 1.807) is 6.20 Å². The minimum atomic E-state index is 0.405. The molecule has 2 nitrogen and oxygen atoms in total. The van der Waals surface area contributed by atoms with Crippen molar-refractivity contribution in [3.63, 3.8) is 0 Å². The highest BCUT2D eigenvalue weighted by Crippen LogP contribution is 2.28. The molecule has 24 heavy (non-hydrogen) atoms. The summed E-state index contributed by atoms with van der Waals surface area (Å²) in [5, 5.41) is 0.782. The number of rotatable bonds is 5. The molecule has 1 aromatic carbocycles. The normalized spacial score (nSPS) is 11.5. The summed E-state index contributed by atoms with van der Waals surface area (Å²) in [5.41, 5.74) is 3.11. The third-order valence-corrected chi connectivity index (χ3v) is 3.80. The van der Waals surface area contributed by atoms with Crippen molar-refractivity contribution in [2.75, 3.05) is 0 Å². The van der Waals surface area contributed by atoms with Gasteiger partial charge in [0.2, 0.25) is 0 Å². The van der Waals surface area contributed by atoms with Gasteiger partial charge in [-0.15, -0.1) is 0 Å². The molecule has 0 radical (unpaired) electrons. The van der Waals surface area contributed by atoms with Gasteiger partial charge >= 0.3 is 0 Å². The fraction of sp³-hybridized carbons (Fsp3) is 0.286. The molecule has 0 saturated carbocycles. The van der Waals surface area contributed by atoms with Gasteiger partial charge in [0.15, 0.2) is 0 Å². The summed E-state index contributed by atoms with van der Waals surface area (Å²) in [6.07, 6.45) is 11.5. The first-order valence-electron chi connectivity index (χ1n) is 8.37. The Bertz CT molecular complexity index is 721. The molecule has 0 bridgehead atoms. The molecule has 0 fully saturated rings. The SMILES string of the molecule is C=C/C(=C\C=C/C)c1nccn1-c1ccc(C(C)C)c(Cl)c1.CC. The van der Waals surface area contributed by atoms with Crippen LogP contribution in [0.2, 0.25) is 5.02 Å². The number of aromatic nitrogens is 2. The fourth-order valence-electron chi connectivity index (χ4n) is 2.29. The van der Waals surface area contributed by atoms with Crippen LogP contribution in [0.4, 0.5) is 0 Å². The molecule has 0 spiro atoms. The molecule has 0 aliphatic rings. The summed E-state index contributed by atoms with van der Waals surface area (Å²) >= 11 is 6.41. The van der Waals surface area contributed by atoms with Crippen molar-refractivity contribution in [3.05, 3.63) is 77.9 Å². The molecule has 1 heterocycles. The molecule has 2 rings (SSSR count). The lowest BCUT2D eigenvalue weighted by molar-refractivity contribution is 0.865. The maximum atomic E-state index is 6.41. The molecule has 3 heteroatoms. The van der Waals surface area contributed by atoms with E-state index in [1.807, 2.05) is 61.9 Å². The van der Waals surface area contributed by atoms with Crippen LogP contribution in [-0.2, 0) is 0 Å². The van der Waals surface area contributed by atoms with Gasteiger partial charge in [-0.05, 0) is 30.5 Å². The van der Waals surface area contributed by atoms with Gasteiger partial charge in [0.05, 0.1) is 0 Å². The highest BCUT2D eigenvalue weighted by atomic mass is 35.5. The molecule has 0 atom stereocenters.